The minimum atomic E-state index is -0.562. The summed E-state index contributed by atoms with van der Waals surface area (Å²) in [5.74, 6) is -0.469. The molecule has 0 heterocycles. The number of carbonyl (C=O) groups excluding carboxylic acids is 1. The molecule has 0 radical (unpaired) electrons. The molecule has 0 saturated heterocycles. The molecule has 0 aliphatic carbocycles. The Kier molecular flexibility index (Phi) is 3.72. The van der Waals surface area contributed by atoms with Crippen LogP contribution in [0.3, 0.4) is 0 Å². The van der Waals surface area contributed by atoms with E-state index in [4.69, 9.17) is 5.26 Å². The molecule has 0 saturated carbocycles. The van der Waals surface area contributed by atoms with Crippen molar-refractivity contribution in [1.82, 2.24) is 0 Å². The second-order valence-electron chi connectivity index (χ2n) is 3.95. The van der Waals surface area contributed by atoms with E-state index in [1.807, 2.05) is 6.07 Å². The van der Waals surface area contributed by atoms with Gasteiger partial charge in [0.25, 0.3) is 11.6 Å². The number of benzene rings is 2. The monoisotopic (exact) mass is 267 g/mol. The maximum absolute atomic E-state index is 12.0. The summed E-state index contributed by atoms with van der Waals surface area (Å²) in [6.07, 6.45) is 0. The molecule has 0 bridgehead atoms. The van der Waals surface area contributed by atoms with Crippen molar-refractivity contribution in [2.45, 2.75) is 0 Å². The lowest BCUT2D eigenvalue weighted by molar-refractivity contribution is -0.384. The Morgan fingerprint density at radius 1 is 1.20 bits per heavy atom. The van der Waals surface area contributed by atoms with Gasteiger partial charge in [0.1, 0.15) is 0 Å². The lowest BCUT2D eigenvalue weighted by atomic mass is 10.1. The molecule has 1 amide bonds. The third kappa shape index (κ3) is 2.97. The molecule has 2 rings (SSSR count). The summed E-state index contributed by atoms with van der Waals surface area (Å²) in [5, 5.41) is 22.0. The third-order valence-electron chi connectivity index (χ3n) is 2.57. The summed E-state index contributed by atoms with van der Waals surface area (Å²) < 4.78 is 0. The first-order valence-electron chi connectivity index (χ1n) is 5.66. The van der Waals surface area contributed by atoms with E-state index in [0.717, 1.165) is 0 Å². The molecular weight excluding hydrogens is 258 g/mol. The number of nitriles is 1. The van der Waals surface area contributed by atoms with Gasteiger partial charge in [0.05, 0.1) is 16.6 Å². The van der Waals surface area contributed by atoms with Crippen LogP contribution < -0.4 is 5.32 Å². The van der Waals surface area contributed by atoms with Crippen molar-refractivity contribution in [2.75, 3.05) is 5.32 Å². The first kappa shape index (κ1) is 13.2. The standard InChI is InChI=1S/C14H9N3O3/c15-9-10-3-1-5-12(7-10)16-14(18)11-4-2-6-13(8-11)17(19)20/h1-8H,(H,16,18). The summed E-state index contributed by atoms with van der Waals surface area (Å²) in [5.41, 5.74) is 0.910. The number of non-ortho nitro benzene ring substituents is 1. The predicted molar refractivity (Wildman–Crippen MR) is 72.2 cm³/mol. The van der Waals surface area contributed by atoms with Crippen LogP contribution in [0, 0.1) is 21.4 Å². The van der Waals surface area contributed by atoms with Crippen LogP contribution in [0.5, 0.6) is 0 Å². The average Bonchev–Trinajstić information content (AvgIpc) is 2.47. The van der Waals surface area contributed by atoms with Crippen molar-refractivity contribution in [3.05, 3.63) is 69.8 Å². The van der Waals surface area contributed by atoms with Gasteiger partial charge in [0.15, 0.2) is 0 Å². The highest BCUT2D eigenvalue weighted by molar-refractivity contribution is 6.04. The zero-order chi connectivity index (χ0) is 14.5. The molecule has 0 atom stereocenters. The van der Waals surface area contributed by atoms with E-state index in [-0.39, 0.29) is 11.3 Å². The molecule has 0 aromatic heterocycles. The van der Waals surface area contributed by atoms with Crippen LogP contribution in [0.25, 0.3) is 0 Å². The van der Waals surface area contributed by atoms with Gasteiger partial charge in [0.2, 0.25) is 0 Å². The average molecular weight is 267 g/mol. The fourth-order valence-electron chi connectivity index (χ4n) is 1.63. The number of nitro groups is 1. The lowest BCUT2D eigenvalue weighted by Crippen LogP contribution is -2.12. The van der Waals surface area contributed by atoms with Crippen LogP contribution in [0.4, 0.5) is 11.4 Å². The van der Waals surface area contributed by atoms with Gasteiger partial charge in [-0.05, 0) is 24.3 Å². The number of hydrogen-bond acceptors (Lipinski definition) is 4. The Morgan fingerprint density at radius 3 is 2.65 bits per heavy atom. The molecule has 6 nitrogen and oxygen atoms in total. The van der Waals surface area contributed by atoms with Crippen LogP contribution in [0.2, 0.25) is 0 Å². The van der Waals surface area contributed by atoms with Gasteiger partial charge < -0.3 is 5.32 Å². The van der Waals surface area contributed by atoms with Crippen LogP contribution in [0.15, 0.2) is 48.5 Å². The van der Waals surface area contributed by atoms with Crippen molar-refractivity contribution < 1.29 is 9.72 Å². The Bertz CT molecular complexity index is 720. The van der Waals surface area contributed by atoms with E-state index in [1.54, 1.807) is 18.2 Å². The number of nitro benzene ring substituents is 1. The minimum Gasteiger partial charge on any atom is -0.322 e. The van der Waals surface area contributed by atoms with E-state index in [2.05, 4.69) is 5.32 Å². The predicted octanol–water partition coefficient (Wildman–Crippen LogP) is 2.72. The molecule has 20 heavy (non-hydrogen) atoms. The Labute approximate surface area is 114 Å². The molecule has 98 valence electrons. The molecule has 0 unspecified atom stereocenters. The SMILES string of the molecule is N#Cc1cccc(NC(=O)c2cccc([N+](=O)[O-])c2)c1. The van der Waals surface area contributed by atoms with E-state index in [1.165, 1.54) is 30.3 Å². The summed E-state index contributed by atoms with van der Waals surface area (Å²) in [6, 6.07) is 13.8. The molecule has 2 aromatic carbocycles. The van der Waals surface area contributed by atoms with Crippen molar-refractivity contribution in [3.8, 4) is 6.07 Å². The zero-order valence-electron chi connectivity index (χ0n) is 10.2. The molecule has 6 heteroatoms. The van der Waals surface area contributed by atoms with Crippen LogP contribution in [0.1, 0.15) is 15.9 Å². The topological polar surface area (TPSA) is 96.0 Å². The number of carbonyl (C=O) groups is 1. The molecule has 1 N–H and O–H groups in total. The molecule has 0 aliphatic rings. The van der Waals surface area contributed by atoms with Gasteiger partial charge >= 0.3 is 0 Å². The first-order valence-corrected chi connectivity index (χ1v) is 5.66. The maximum Gasteiger partial charge on any atom is 0.270 e. The van der Waals surface area contributed by atoms with Crippen LogP contribution in [-0.2, 0) is 0 Å². The van der Waals surface area contributed by atoms with E-state index in [9.17, 15) is 14.9 Å². The van der Waals surface area contributed by atoms with Crippen molar-refractivity contribution >= 4 is 17.3 Å². The molecule has 0 spiro atoms. The summed E-state index contributed by atoms with van der Waals surface area (Å²) >= 11 is 0. The van der Waals surface area contributed by atoms with Gasteiger partial charge in [-0.3, -0.25) is 14.9 Å². The molecule has 2 aromatic rings. The largest absolute Gasteiger partial charge is 0.322 e. The lowest BCUT2D eigenvalue weighted by Gasteiger charge is -2.05. The summed E-state index contributed by atoms with van der Waals surface area (Å²) in [7, 11) is 0. The highest BCUT2D eigenvalue weighted by Gasteiger charge is 2.11. The number of nitrogens with one attached hydrogen (secondary N) is 1. The smallest absolute Gasteiger partial charge is 0.270 e. The zero-order valence-corrected chi connectivity index (χ0v) is 10.2. The number of nitrogens with zero attached hydrogens (tertiary/aromatic N) is 2. The van der Waals surface area contributed by atoms with Crippen molar-refractivity contribution in [3.63, 3.8) is 0 Å². The normalized spacial score (nSPS) is 9.55. The van der Waals surface area contributed by atoms with E-state index >= 15 is 0 Å². The van der Waals surface area contributed by atoms with Gasteiger partial charge in [0, 0.05) is 23.4 Å². The fourth-order valence-corrected chi connectivity index (χ4v) is 1.63. The Hall–Kier alpha value is -3.20. The van der Waals surface area contributed by atoms with Crippen LogP contribution >= 0.6 is 0 Å². The van der Waals surface area contributed by atoms with Gasteiger partial charge in [-0.25, -0.2) is 0 Å². The number of amides is 1. The number of rotatable bonds is 3. The van der Waals surface area contributed by atoms with Gasteiger partial charge in [-0.2, -0.15) is 5.26 Å². The Morgan fingerprint density at radius 2 is 1.95 bits per heavy atom. The third-order valence-corrected chi connectivity index (χ3v) is 2.57. The first-order chi connectivity index (χ1) is 9.60. The number of hydrogen-bond donors (Lipinski definition) is 1. The highest BCUT2D eigenvalue weighted by atomic mass is 16.6. The molecular formula is C14H9N3O3. The van der Waals surface area contributed by atoms with Crippen molar-refractivity contribution in [1.29, 1.82) is 5.26 Å². The quantitative estimate of drug-likeness (QED) is 0.683. The van der Waals surface area contributed by atoms with Gasteiger partial charge in [-0.1, -0.05) is 12.1 Å². The van der Waals surface area contributed by atoms with E-state index in [0.29, 0.717) is 11.3 Å². The molecule has 0 fully saturated rings. The highest BCUT2D eigenvalue weighted by Crippen LogP contribution is 2.15. The summed E-state index contributed by atoms with van der Waals surface area (Å²) in [6.45, 7) is 0. The minimum absolute atomic E-state index is 0.150. The molecule has 0 aliphatic heterocycles. The second-order valence-corrected chi connectivity index (χ2v) is 3.95. The number of anilines is 1. The maximum atomic E-state index is 12.0. The van der Waals surface area contributed by atoms with Crippen LogP contribution in [-0.4, -0.2) is 10.8 Å². The van der Waals surface area contributed by atoms with Crippen molar-refractivity contribution in [2.24, 2.45) is 0 Å². The van der Waals surface area contributed by atoms with E-state index < -0.39 is 10.8 Å². The summed E-state index contributed by atoms with van der Waals surface area (Å²) in [4.78, 5) is 22.1. The van der Waals surface area contributed by atoms with Gasteiger partial charge in [-0.15, -0.1) is 0 Å². The Balaban J connectivity index is 2.22. The fraction of sp³-hybridized carbons (Fsp3) is 0. The second kappa shape index (κ2) is 5.63.